The van der Waals surface area contributed by atoms with Gasteiger partial charge in [0.25, 0.3) is 10.3 Å². The molecule has 0 bridgehead atoms. The predicted octanol–water partition coefficient (Wildman–Crippen LogP) is 1.43. The van der Waals surface area contributed by atoms with Gasteiger partial charge in [0.15, 0.2) is 5.75 Å². The van der Waals surface area contributed by atoms with Gasteiger partial charge < -0.3 is 5.73 Å². The number of aryl methyl sites for hydroxylation is 1. The summed E-state index contributed by atoms with van der Waals surface area (Å²) >= 11 is 0. The Kier molecular flexibility index (Phi) is 4.46. The van der Waals surface area contributed by atoms with Crippen LogP contribution in [0, 0.1) is 0 Å². The highest BCUT2D eigenvalue weighted by Crippen LogP contribution is 2.07. The SMILES string of the molecule is Nc1ccc(CCC[S+]=S(=O)(O)O)cc1. The zero-order valence-electron chi connectivity index (χ0n) is 8.13. The van der Waals surface area contributed by atoms with Crippen LogP contribution >= 0.6 is 0 Å². The van der Waals surface area contributed by atoms with Crippen molar-refractivity contribution in [3.05, 3.63) is 29.8 Å². The van der Waals surface area contributed by atoms with Gasteiger partial charge in [-0.15, -0.1) is 0 Å². The molecular formula is C9H14NO3S2+. The summed E-state index contributed by atoms with van der Waals surface area (Å²) in [6.45, 7) is 0. The normalized spacial score (nSPS) is 11.3. The molecule has 1 aromatic rings. The topological polar surface area (TPSA) is 83.6 Å². The average Bonchev–Trinajstić information content (AvgIpc) is 2.14. The van der Waals surface area contributed by atoms with Gasteiger partial charge in [-0.3, -0.25) is 9.11 Å². The molecule has 1 aromatic carbocycles. The summed E-state index contributed by atoms with van der Waals surface area (Å²) in [5, 5.41) is 0. The first kappa shape index (κ1) is 12.4. The minimum Gasteiger partial charge on any atom is -0.399 e. The van der Waals surface area contributed by atoms with Crippen molar-refractivity contribution >= 4 is 25.1 Å². The van der Waals surface area contributed by atoms with Gasteiger partial charge in [-0.25, -0.2) is 0 Å². The first-order valence-corrected chi connectivity index (χ1v) is 7.43. The highest BCUT2D eigenvalue weighted by atomic mass is 32.9. The second kappa shape index (κ2) is 5.41. The van der Waals surface area contributed by atoms with Crippen molar-refractivity contribution < 1.29 is 13.3 Å². The van der Waals surface area contributed by atoms with E-state index in [0.717, 1.165) is 24.1 Å². The Bertz CT molecular complexity index is 413. The molecule has 0 atom stereocenters. The number of hydrogen-bond donors (Lipinski definition) is 3. The van der Waals surface area contributed by atoms with Crippen molar-refractivity contribution in [2.75, 3.05) is 11.5 Å². The van der Waals surface area contributed by atoms with Crippen molar-refractivity contribution in [2.24, 2.45) is 0 Å². The van der Waals surface area contributed by atoms with Crippen molar-refractivity contribution in [3.63, 3.8) is 0 Å². The van der Waals surface area contributed by atoms with Crippen molar-refractivity contribution in [2.45, 2.75) is 12.8 Å². The number of anilines is 1. The summed E-state index contributed by atoms with van der Waals surface area (Å²) in [5.74, 6) is 0.455. The molecule has 84 valence electrons. The van der Waals surface area contributed by atoms with E-state index in [1.165, 1.54) is 0 Å². The maximum absolute atomic E-state index is 10.5. The molecule has 6 heteroatoms. The molecule has 0 fully saturated rings. The molecule has 0 radical (unpaired) electrons. The third-order valence-corrected chi connectivity index (χ3v) is 4.01. The average molecular weight is 248 g/mol. The van der Waals surface area contributed by atoms with Crippen LogP contribution < -0.4 is 5.73 Å². The van der Waals surface area contributed by atoms with E-state index in [2.05, 4.69) is 0 Å². The van der Waals surface area contributed by atoms with Gasteiger partial charge in [0.1, 0.15) is 0 Å². The molecule has 1 rings (SSSR count). The molecule has 4 nitrogen and oxygen atoms in total. The smallest absolute Gasteiger partial charge is 0.399 e. The predicted molar refractivity (Wildman–Crippen MR) is 64.8 cm³/mol. The minimum absolute atomic E-state index is 0.455. The fourth-order valence-corrected chi connectivity index (χ4v) is 2.61. The van der Waals surface area contributed by atoms with Crippen LogP contribution in [0.25, 0.3) is 0 Å². The van der Waals surface area contributed by atoms with Gasteiger partial charge in [0.2, 0.25) is 0 Å². The quantitative estimate of drug-likeness (QED) is 0.427. The zero-order chi connectivity index (χ0) is 11.3. The van der Waals surface area contributed by atoms with Crippen LogP contribution in [0.5, 0.6) is 0 Å². The molecule has 0 aliphatic heterocycles. The van der Waals surface area contributed by atoms with E-state index in [1.54, 1.807) is 0 Å². The Balaban J connectivity index is 2.39. The Labute approximate surface area is 92.8 Å². The maximum atomic E-state index is 10.5. The van der Waals surface area contributed by atoms with Crippen LogP contribution in [-0.4, -0.2) is 19.1 Å². The van der Waals surface area contributed by atoms with E-state index in [0.29, 0.717) is 16.1 Å². The first-order valence-electron chi connectivity index (χ1n) is 4.45. The molecule has 0 aliphatic carbocycles. The van der Waals surface area contributed by atoms with Crippen molar-refractivity contribution in [1.82, 2.24) is 0 Å². The molecule has 15 heavy (non-hydrogen) atoms. The van der Waals surface area contributed by atoms with Gasteiger partial charge >= 0.3 is 9.05 Å². The van der Waals surface area contributed by atoms with Crippen molar-refractivity contribution in [3.8, 4) is 0 Å². The molecule has 0 aromatic heterocycles. The molecule has 0 heterocycles. The van der Waals surface area contributed by atoms with Crippen LogP contribution in [0.4, 0.5) is 5.69 Å². The van der Waals surface area contributed by atoms with Crippen LogP contribution in [0.3, 0.4) is 0 Å². The maximum Gasteiger partial charge on any atom is 0.430 e. The van der Waals surface area contributed by atoms with Crippen molar-refractivity contribution in [1.29, 1.82) is 0 Å². The van der Waals surface area contributed by atoms with E-state index >= 15 is 0 Å². The van der Waals surface area contributed by atoms with Gasteiger partial charge in [0.05, 0.1) is 0 Å². The van der Waals surface area contributed by atoms with Gasteiger partial charge in [-0.05, 0) is 24.1 Å². The molecular weight excluding hydrogens is 234 g/mol. The van der Waals surface area contributed by atoms with Crippen LogP contribution in [0.15, 0.2) is 24.3 Å². The highest BCUT2D eigenvalue weighted by molar-refractivity contribution is 8.34. The van der Waals surface area contributed by atoms with Crippen LogP contribution in [-0.2, 0) is 25.8 Å². The third kappa shape index (κ3) is 5.68. The largest absolute Gasteiger partial charge is 0.430 e. The zero-order valence-corrected chi connectivity index (χ0v) is 9.76. The number of benzene rings is 1. The highest BCUT2D eigenvalue weighted by Gasteiger charge is 2.08. The van der Waals surface area contributed by atoms with E-state index in [-0.39, 0.29) is 0 Å². The Morgan fingerprint density at radius 2 is 1.87 bits per heavy atom. The second-order valence-corrected chi connectivity index (χ2v) is 6.66. The van der Waals surface area contributed by atoms with Crippen LogP contribution in [0.1, 0.15) is 12.0 Å². The molecule has 0 saturated heterocycles. The Morgan fingerprint density at radius 3 is 2.40 bits per heavy atom. The fraction of sp³-hybridized carbons (Fsp3) is 0.333. The first-order chi connectivity index (χ1) is 6.97. The number of hydrogen-bond acceptors (Lipinski definition) is 2. The summed E-state index contributed by atoms with van der Waals surface area (Å²) in [6, 6.07) is 7.50. The molecule has 0 spiro atoms. The Hall–Kier alpha value is -0.690. The molecule has 4 N–H and O–H groups in total. The lowest BCUT2D eigenvalue weighted by atomic mass is 10.1. The summed E-state index contributed by atoms with van der Waals surface area (Å²) in [6.07, 6.45) is 1.55. The third-order valence-electron chi connectivity index (χ3n) is 1.83. The molecule has 0 aliphatic rings. The number of nitrogens with two attached hydrogens (primary N) is 1. The number of rotatable bonds is 4. The minimum atomic E-state index is -3.64. The van der Waals surface area contributed by atoms with Crippen LogP contribution in [0.2, 0.25) is 0 Å². The van der Waals surface area contributed by atoms with Gasteiger partial charge in [-0.2, -0.15) is 4.21 Å². The summed E-state index contributed by atoms with van der Waals surface area (Å²) in [7, 11) is -2.97. The lowest BCUT2D eigenvalue weighted by molar-refractivity contribution is 0.450. The molecule has 0 amide bonds. The van der Waals surface area contributed by atoms with E-state index in [1.807, 2.05) is 24.3 Å². The van der Waals surface area contributed by atoms with E-state index < -0.39 is 9.05 Å². The fourth-order valence-electron chi connectivity index (χ4n) is 1.13. The Morgan fingerprint density at radius 1 is 1.27 bits per heavy atom. The second-order valence-electron chi connectivity index (χ2n) is 3.11. The molecule has 0 saturated carbocycles. The van der Waals surface area contributed by atoms with Gasteiger partial charge in [-0.1, -0.05) is 12.1 Å². The summed E-state index contributed by atoms with van der Waals surface area (Å²) in [4.78, 5) is 0. The standard InChI is InChI=1S/C9H13NO3S2/c10-9-5-3-8(4-6-9)2-1-7-14-15(11,12)13/h3-6H,1-2,7,10H2,(H-,11,12,13)/p+1. The monoisotopic (exact) mass is 248 g/mol. The van der Waals surface area contributed by atoms with E-state index in [9.17, 15) is 4.21 Å². The van der Waals surface area contributed by atoms with E-state index in [4.69, 9.17) is 14.8 Å². The summed E-state index contributed by atoms with van der Waals surface area (Å²) in [5.41, 5.74) is 7.39. The number of nitrogen functional groups attached to an aromatic ring is 1. The lowest BCUT2D eigenvalue weighted by Gasteiger charge is -1.97. The molecule has 0 unspecified atom stereocenters. The van der Waals surface area contributed by atoms with Gasteiger partial charge in [0, 0.05) is 12.1 Å². The summed E-state index contributed by atoms with van der Waals surface area (Å²) < 4.78 is 27.7. The lowest BCUT2D eigenvalue weighted by Crippen LogP contribution is -1.99.